The number of rotatable bonds is 9. The van der Waals surface area contributed by atoms with Gasteiger partial charge >= 0.3 is 0 Å². The van der Waals surface area contributed by atoms with E-state index in [2.05, 4.69) is 29.1 Å². The Balaban J connectivity index is 1.57. The van der Waals surface area contributed by atoms with E-state index in [9.17, 15) is 4.79 Å². The Bertz CT molecular complexity index is 672. The van der Waals surface area contributed by atoms with E-state index < -0.39 is 0 Å². The number of ether oxygens (including phenoxy) is 1. The largest absolute Gasteiger partial charge is 0.494 e. The molecule has 0 aromatic heterocycles. The molecule has 1 amide bonds. The highest BCUT2D eigenvalue weighted by Crippen LogP contribution is 2.33. The van der Waals surface area contributed by atoms with Crippen LogP contribution in [0.1, 0.15) is 51.5 Å². The molecule has 6 heteroatoms. The number of nitrogens with one attached hydrogen (secondary N) is 1. The van der Waals surface area contributed by atoms with Gasteiger partial charge < -0.3 is 14.7 Å². The van der Waals surface area contributed by atoms with Crippen molar-refractivity contribution in [3.8, 4) is 5.75 Å². The summed E-state index contributed by atoms with van der Waals surface area (Å²) < 4.78 is 5.89. The van der Waals surface area contributed by atoms with E-state index in [0.717, 1.165) is 49.1 Å². The maximum absolute atomic E-state index is 12.2. The number of fused-ring (bicyclic) bond motifs is 2. The SMILES string of the molecule is CC(C)C1C(=O)NC2=Nc3ccc(OCCCCCCCO)cc3CN21. The summed E-state index contributed by atoms with van der Waals surface area (Å²) >= 11 is 0. The zero-order chi connectivity index (χ0) is 18.5. The number of unbranched alkanes of at least 4 members (excludes halogenated alkanes) is 4. The normalized spacial score (nSPS) is 18.5. The molecule has 2 N–H and O–H groups in total. The van der Waals surface area contributed by atoms with Crippen LogP contribution < -0.4 is 10.1 Å². The van der Waals surface area contributed by atoms with E-state index in [4.69, 9.17) is 9.84 Å². The van der Waals surface area contributed by atoms with Crippen LogP contribution in [0.5, 0.6) is 5.75 Å². The quantitative estimate of drug-likeness (QED) is 0.665. The minimum Gasteiger partial charge on any atom is -0.494 e. The van der Waals surface area contributed by atoms with Crippen molar-refractivity contribution in [3.63, 3.8) is 0 Å². The van der Waals surface area contributed by atoms with Gasteiger partial charge in [0.15, 0.2) is 0 Å². The number of aliphatic imine (C=N–C) groups is 1. The molecule has 1 atom stereocenters. The Kier molecular flexibility index (Phi) is 6.14. The number of nitrogens with zero attached hydrogens (tertiary/aromatic N) is 2. The second kappa shape index (κ2) is 8.54. The van der Waals surface area contributed by atoms with E-state index in [0.29, 0.717) is 19.1 Å². The van der Waals surface area contributed by atoms with Crippen molar-refractivity contribution in [2.24, 2.45) is 10.9 Å². The first-order valence-electron chi connectivity index (χ1n) is 9.63. The fraction of sp³-hybridized carbons (Fsp3) is 0.600. The lowest BCUT2D eigenvalue weighted by Crippen LogP contribution is -2.39. The summed E-state index contributed by atoms with van der Waals surface area (Å²) in [6.07, 6.45) is 5.24. The van der Waals surface area contributed by atoms with Crippen LogP contribution >= 0.6 is 0 Å². The lowest BCUT2D eigenvalue weighted by Gasteiger charge is -2.29. The van der Waals surface area contributed by atoms with E-state index in [-0.39, 0.29) is 24.5 Å². The van der Waals surface area contributed by atoms with Gasteiger partial charge in [-0.3, -0.25) is 10.1 Å². The van der Waals surface area contributed by atoms with E-state index in [1.165, 1.54) is 0 Å². The molecule has 0 saturated carbocycles. The zero-order valence-electron chi connectivity index (χ0n) is 15.7. The Morgan fingerprint density at radius 3 is 2.81 bits per heavy atom. The van der Waals surface area contributed by atoms with Crippen molar-refractivity contribution in [2.45, 2.75) is 58.5 Å². The minimum atomic E-state index is -0.162. The second-order valence-corrected chi connectivity index (χ2v) is 7.37. The molecule has 2 aliphatic heterocycles. The van der Waals surface area contributed by atoms with Gasteiger partial charge in [0.2, 0.25) is 11.9 Å². The predicted molar refractivity (Wildman–Crippen MR) is 102 cm³/mol. The molecule has 1 unspecified atom stereocenters. The number of aliphatic hydroxyl groups excluding tert-OH is 1. The molecular formula is C20H29N3O3. The van der Waals surface area contributed by atoms with Gasteiger partial charge in [-0.15, -0.1) is 0 Å². The number of aliphatic hydroxyl groups is 1. The van der Waals surface area contributed by atoms with E-state index >= 15 is 0 Å². The van der Waals surface area contributed by atoms with E-state index in [1.807, 2.05) is 18.2 Å². The summed E-state index contributed by atoms with van der Waals surface area (Å²) in [5.41, 5.74) is 1.99. The maximum atomic E-state index is 12.2. The van der Waals surface area contributed by atoms with Gasteiger partial charge in [0, 0.05) is 18.7 Å². The molecule has 1 fully saturated rings. The van der Waals surface area contributed by atoms with Crippen LogP contribution in [0.25, 0.3) is 0 Å². The number of hydrogen-bond acceptors (Lipinski definition) is 5. The van der Waals surface area contributed by atoms with Gasteiger partial charge in [0.1, 0.15) is 11.8 Å². The monoisotopic (exact) mass is 359 g/mol. The number of carbonyl (C=O) groups is 1. The van der Waals surface area contributed by atoms with Crippen LogP contribution in [0.4, 0.5) is 5.69 Å². The molecule has 26 heavy (non-hydrogen) atoms. The molecular weight excluding hydrogens is 330 g/mol. The van der Waals surface area contributed by atoms with Crippen LogP contribution in [0.2, 0.25) is 0 Å². The Morgan fingerprint density at radius 2 is 2.04 bits per heavy atom. The molecule has 0 radical (unpaired) electrons. The van der Waals surface area contributed by atoms with Crippen molar-refractivity contribution >= 4 is 17.6 Å². The number of amides is 1. The van der Waals surface area contributed by atoms with Gasteiger partial charge in [0.05, 0.1) is 12.3 Å². The average molecular weight is 359 g/mol. The second-order valence-electron chi connectivity index (χ2n) is 7.37. The molecule has 0 aliphatic carbocycles. The van der Waals surface area contributed by atoms with Crippen molar-refractivity contribution in [2.75, 3.05) is 13.2 Å². The molecule has 0 bridgehead atoms. The lowest BCUT2D eigenvalue weighted by atomic mass is 10.0. The third kappa shape index (κ3) is 4.18. The minimum absolute atomic E-state index is 0.0317. The van der Waals surface area contributed by atoms with Gasteiger partial charge in [0.25, 0.3) is 0 Å². The third-order valence-electron chi connectivity index (χ3n) is 4.93. The van der Waals surface area contributed by atoms with Crippen LogP contribution in [0.15, 0.2) is 23.2 Å². The van der Waals surface area contributed by atoms with Crippen molar-refractivity contribution in [1.82, 2.24) is 10.2 Å². The molecule has 6 nitrogen and oxygen atoms in total. The van der Waals surface area contributed by atoms with Crippen LogP contribution in [-0.4, -0.2) is 41.1 Å². The highest BCUT2D eigenvalue weighted by atomic mass is 16.5. The lowest BCUT2D eigenvalue weighted by molar-refractivity contribution is -0.122. The highest BCUT2D eigenvalue weighted by molar-refractivity contribution is 6.07. The van der Waals surface area contributed by atoms with Crippen LogP contribution in [-0.2, 0) is 11.3 Å². The molecule has 2 heterocycles. The number of guanidine groups is 1. The summed E-state index contributed by atoms with van der Waals surface area (Å²) in [5, 5.41) is 11.7. The summed E-state index contributed by atoms with van der Waals surface area (Å²) in [6.45, 7) is 5.77. The Morgan fingerprint density at radius 1 is 1.27 bits per heavy atom. The summed E-state index contributed by atoms with van der Waals surface area (Å²) in [5.74, 6) is 1.79. The topological polar surface area (TPSA) is 74.2 Å². The first kappa shape index (κ1) is 18.7. The van der Waals surface area contributed by atoms with Crippen LogP contribution in [0, 0.1) is 5.92 Å². The first-order chi connectivity index (χ1) is 12.6. The molecule has 1 saturated heterocycles. The number of carbonyl (C=O) groups excluding carboxylic acids is 1. The Hall–Kier alpha value is -2.08. The van der Waals surface area contributed by atoms with Crippen molar-refractivity contribution in [1.29, 1.82) is 0 Å². The summed E-state index contributed by atoms with van der Waals surface area (Å²) in [6, 6.07) is 5.79. The average Bonchev–Trinajstić information content (AvgIpc) is 2.93. The van der Waals surface area contributed by atoms with Gasteiger partial charge in [-0.05, 0) is 37.0 Å². The molecule has 2 aliphatic rings. The van der Waals surface area contributed by atoms with Gasteiger partial charge in [-0.1, -0.05) is 33.1 Å². The van der Waals surface area contributed by atoms with Gasteiger partial charge in [-0.2, -0.15) is 0 Å². The highest BCUT2D eigenvalue weighted by Gasteiger charge is 2.40. The third-order valence-corrected chi connectivity index (χ3v) is 4.93. The standard InChI is InChI=1S/C20H29N3O3/c1-14(2)18-19(25)22-20-21-17-9-8-16(12-15(17)13-23(18)20)26-11-7-5-3-4-6-10-24/h8-9,12,14,18,24H,3-7,10-11,13H2,1-2H3,(H,21,22,25). The Labute approximate surface area is 155 Å². The molecule has 142 valence electrons. The fourth-order valence-corrected chi connectivity index (χ4v) is 3.58. The summed E-state index contributed by atoms with van der Waals surface area (Å²) in [7, 11) is 0. The number of hydrogen-bond donors (Lipinski definition) is 2. The summed E-state index contributed by atoms with van der Waals surface area (Å²) in [4.78, 5) is 18.9. The van der Waals surface area contributed by atoms with Crippen molar-refractivity contribution in [3.05, 3.63) is 23.8 Å². The first-order valence-corrected chi connectivity index (χ1v) is 9.63. The maximum Gasteiger partial charge on any atom is 0.249 e. The van der Waals surface area contributed by atoms with Gasteiger partial charge in [-0.25, -0.2) is 4.99 Å². The predicted octanol–water partition coefficient (Wildman–Crippen LogP) is 2.97. The smallest absolute Gasteiger partial charge is 0.249 e. The molecule has 1 aromatic rings. The molecule has 1 aromatic carbocycles. The van der Waals surface area contributed by atoms with Crippen LogP contribution in [0.3, 0.4) is 0 Å². The van der Waals surface area contributed by atoms with Crippen molar-refractivity contribution < 1.29 is 14.6 Å². The molecule has 3 rings (SSSR count). The fourth-order valence-electron chi connectivity index (χ4n) is 3.58. The molecule has 0 spiro atoms. The van der Waals surface area contributed by atoms with E-state index in [1.54, 1.807) is 0 Å². The number of benzene rings is 1. The zero-order valence-corrected chi connectivity index (χ0v) is 15.7.